The number of nitrogens with one attached hydrogen (secondary N) is 1. The average molecular weight is 291 g/mol. The van der Waals surface area contributed by atoms with Crippen molar-refractivity contribution in [2.24, 2.45) is 5.92 Å². The summed E-state index contributed by atoms with van der Waals surface area (Å²) in [5, 5.41) is 3.85. The van der Waals surface area contributed by atoms with Gasteiger partial charge in [0.2, 0.25) is 5.95 Å². The van der Waals surface area contributed by atoms with Gasteiger partial charge in [-0.2, -0.15) is 0 Å². The molecule has 0 saturated carbocycles. The van der Waals surface area contributed by atoms with E-state index < -0.39 is 0 Å². The Labute approximate surface area is 122 Å². The monoisotopic (exact) mass is 290 g/mol. The van der Waals surface area contributed by atoms with Gasteiger partial charge in [0.1, 0.15) is 0 Å². The molecule has 1 saturated heterocycles. The molecule has 2 aromatic heterocycles. The Bertz CT molecular complexity index is 549. The molecule has 5 nitrogen and oxygen atoms in total. The van der Waals surface area contributed by atoms with E-state index in [4.69, 9.17) is 16.3 Å². The zero-order chi connectivity index (χ0) is 13.8. The fraction of sp³-hybridized carbons (Fsp3) is 0.357. The Kier molecular flexibility index (Phi) is 4.08. The largest absolute Gasteiger partial charge is 0.379 e. The number of anilines is 1. The second-order valence-electron chi connectivity index (χ2n) is 4.83. The highest BCUT2D eigenvalue weighted by Gasteiger charge is 2.28. The van der Waals surface area contributed by atoms with Crippen LogP contribution in [0.15, 0.2) is 36.9 Å². The van der Waals surface area contributed by atoms with Crippen molar-refractivity contribution in [2.45, 2.75) is 12.5 Å². The predicted molar refractivity (Wildman–Crippen MR) is 76.7 cm³/mol. The quantitative estimate of drug-likeness (QED) is 0.935. The van der Waals surface area contributed by atoms with E-state index in [1.54, 1.807) is 12.4 Å². The maximum atomic E-state index is 5.78. The molecule has 3 rings (SSSR count). The summed E-state index contributed by atoms with van der Waals surface area (Å²) in [7, 11) is 0. The van der Waals surface area contributed by atoms with E-state index in [9.17, 15) is 0 Å². The molecule has 3 heterocycles. The lowest BCUT2D eigenvalue weighted by Gasteiger charge is -2.18. The van der Waals surface area contributed by atoms with Crippen LogP contribution in [-0.2, 0) is 11.2 Å². The Morgan fingerprint density at radius 3 is 2.70 bits per heavy atom. The van der Waals surface area contributed by atoms with Gasteiger partial charge in [-0.15, -0.1) is 0 Å². The zero-order valence-electron chi connectivity index (χ0n) is 10.9. The lowest BCUT2D eigenvalue weighted by Crippen LogP contribution is -2.30. The van der Waals surface area contributed by atoms with Gasteiger partial charge in [-0.1, -0.05) is 11.6 Å². The Morgan fingerprint density at radius 1 is 1.20 bits per heavy atom. The summed E-state index contributed by atoms with van der Waals surface area (Å²) in [6.07, 6.45) is 7.76. The maximum absolute atomic E-state index is 5.78. The van der Waals surface area contributed by atoms with E-state index in [1.807, 2.05) is 24.5 Å². The standard InChI is InChI=1S/C14H15ClN4O/c15-12-6-17-14(18-7-12)19-13-9-20-8-11(13)5-10-1-3-16-4-2-10/h1-4,6-7,11,13H,5,8-9H2,(H,17,18,19)/t11-,13-/m1/s1. The van der Waals surface area contributed by atoms with Gasteiger partial charge in [-0.05, 0) is 24.1 Å². The number of nitrogens with zero attached hydrogens (tertiary/aromatic N) is 3. The second kappa shape index (κ2) is 6.15. The van der Waals surface area contributed by atoms with E-state index in [-0.39, 0.29) is 6.04 Å². The first-order valence-corrected chi connectivity index (χ1v) is 6.90. The molecule has 2 aromatic rings. The first kappa shape index (κ1) is 13.3. The van der Waals surface area contributed by atoms with Gasteiger partial charge in [-0.3, -0.25) is 4.98 Å². The van der Waals surface area contributed by atoms with Crippen LogP contribution in [0, 0.1) is 5.92 Å². The molecule has 0 aliphatic carbocycles. The van der Waals surface area contributed by atoms with Crippen molar-refractivity contribution in [2.75, 3.05) is 18.5 Å². The van der Waals surface area contributed by atoms with Crippen molar-refractivity contribution < 1.29 is 4.74 Å². The van der Waals surface area contributed by atoms with Crippen molar-refractivity contribution in [1.82, 2.24) is 15.0 Å². The zero-order valence-corrected chi connectivity index (χ0v) is 11.6. The first-order chi connectivity index (χ1) is 9.81. The summed E-state index contributed by atoms with van der Waals surface area (Å²) in [6.45, 7) is 1.41. The number of halogens is 1. The molecular formula is C14H15ClN4O. The number of aromatic nitrogens is 3. The molecule has 0 bridgehead atoms. The summed E-state index contributed by atoms with van der Waals surface area (Å²) >= 11 is 5.78. The van der Waals surface area contributed by atoms with Crippen molar-refractivity contribution in [3.05, 3.63) is 47.5 Å². The molecule has 0 unspecified atom stereocenters. The average Bonchev–Trinajstić information content (AvgIpc) is 2.90. The van der Waals surface area contributed by atoms with Gasteiger partial charge in [0, 0.05) is 18.3 Å². The summed E-state index contributed by atoms with van der Waals surface area (Å²) in [5.41, 5.74) is 1.26. The maximum Gasteiger partial charge on any atom is 0.222 e. The number of rotatable bonds is 4. The number of pyridine rings is 1. The predicted octanol–water partition coefficient (Wildman–Crippen LogP) is 2.19. The van der Waals surface area contributed by atoms with Crippen LogP contribution in [0.5, 0.6) is 0 Å². The molecule has 104 valence electrons. The van der Waals surface area contributed by atoms with Crippen LogP contribution in [0.1, 0.15) is 5.56 Å². The molecule has 0 radical (unpaired) electrons. The highest BCUT2D eigenvalue weighted by molar-refractivity contribution is 6.30. The van der Waals surface area contributed by atoms with E-state index in [1.165, 1.54) is 5.56 Å². The van der Waals surface area contributed by atoms with Crippen LogP contribution in [0.25, 0.3) is 0 Å². The van der Waals surface area contributed by atoms with Crippen LogP contribution in [-0.4, -0.2) is 34.2 Å². The third-order valence-corrected chi connectivity index (χ3v) is 3.58. The summed E-state index contributed by atoms with van der Waals surface area (Å²) in [6, 6.07) is 4.28. The van der Waals surface area contributed by atoms with Gasteiger partial charge in [0.25, 0.3) is 0 Å². The fourth-order valence-corrected chi connectivity index (χ4v) is 2.43. The smallest absolute Gasteiger partial charge is 0.222 e. The Balaban J connectivity index is 1.65. The highest BCUT2D eigenvalue weighted by atomic mass is 35.5. The van der Waals surface area contributed by atoms with Crippen LogP contribution in [0.3, 0.4) is 0 Å². The number of hydrogen-bond acceptors (Lipinski definition) is 5. The normalized spacial score (nSPS) is 21.9. The minimum atomic E-state index is 0.212. The van der Waals surface area contributed by atoms with E-state index in [2.05, 4.69) is 20.3 Å². The highest BCUT2D eigenvalue weighted by Crippen LogP contribution is 2.21. The van der Waals surface area contributed by atoms with Gasteiger partial charge in [0.05, 0.1) is 36.7 Å². The summed E-state index contributed by atoms with van der Waals surface area (Å²) in [4.78, 5) is 12.4. The number of ether oxygens (including phenoxy) is 1. The summed E-state index contributed by atoms with van der Waals surface area (Å²) < 4.78 is 5.58. The van der Waals surface area contributed by atoms with Gasteiger partial charge >= 0.3 is 0 Å². The molecule has 6 heteroatoms. The topological polar surface area (TPSA) is 59.9 Å². The Hall–Kier alpha value is -1.72. The van der Waals surface area contributed by atoms with E-state index >= 15 is 0 Å². The molecule has 20 heavy (non-hydrogen) atoms. The van der Waals surface area contributed by atoms with E-state index in [0.29, 0.717) is 23.5 Å². The molecule has 0 amide bonds. The lowest BCUT2D eigenvalue weighted by molar-refractivity contribution is 0.185. The lowest BCUT2D eigenvalue weighted by atomic mass is 9.95. The van der Waals surface area contributed by atoms with Crippen LogP contribution >= 0.6 is 11.6 Å². The molecule has 2 atom stereocenters. The molecule has 0 aromatic carbocycles. The molecule has 1 fully saturated rings. The minimum Gasteiger partial charge on any atom is -0.379 e. The summed E-state index contributed by atoms with van der Waals surface area (Å²) in [5.74, 6) is 0.987. The second-order valence-corrected chi connectivity index (χ2v) is 5.27. The third kappa shape index (κ3) is 3.23. The van der Waals surface area contributed by atoms with Crippen LogP contribution in [0.2, 0.25) is 5.02 Å². The molecule has 1 N–H and O–H groups in total. The van der Waals surface area contributed by atoms with Gasteiger partial charge in [0.15, 0.2) is 0 Å². The molecule has 1 aliphatic heterocycles. The Morgan fingerprint density at radius 2 is 1.95 bits per heavy atom. The van der Waals surface area contributed by atoms with Crippen molar-refractivity contribution in [3.8, 4) is 0 Å². The minimum absolute atomic E-state index is 0.212. The van der Waals surface area contributed by atoms with Crippen LogP contribution < -0.4 is 5.32 Å². The van der Waals surface area contributed by atoms with Gasteiger partial charge in [-0.25, -0.2) is 9.97 Å². The van der Waals surface area contributed by atoms with Crippen molar-refractivity contribution >= 4 is 17.5 Å². The molecule has 1 aliphatic rings. The SMILES string of the molecule is Clc1cnc(N[C@@H]2COC[C@H]2Cc2ccncc2)nc1. The van der Waals surface area contributed by atoms with Gasteiger partial charge < -0.3 is 10.1 Å². The molecular weight excluding hydrogens is 276 g/mol. The van der Waals surface area contributed by atoms with E-state index in [0.717, 1.165) is 13.0 Å². The molecule has 0 spiro atoms. The van der Waals surface area contributed by atoms with Crippen LogP contribution in [0.4, 0.5) is 5.95 Å². The fourth-order valence-electron chi connectivity index (χ4n) is 2.33. The third-order valence-electron chi connectivity index (χ3n) is 3.38. The number of hydrogen-bond donors (Lipinski definition) is 1. The van der Waals surface area contributed by atoms with Crippen molar-refractivity contribution in [1.29, 1.82) is 0 Å². The van der Waals surface area contributed by atoms with Crippen molar-refractivity contribution in [3.63, 3.8) is 0 Å². The first-order valence-electron chi connectivity index (χ1n) is 6.52.